The lowest BCUT2D eigenvalue weighted by molar-refractivity contribution is -0.130. The number of carboxylic acids is 1. The van der Waals surface area contributed by atoms with E-state index >= 15 is 0 Å². The maximum absolute atomic E-state index is 11.8. The van der Waals surface area contributed by atoms with Gasteiger partial charge in [-0.05, 0) is 12.1 Å². The highest BCUT2D eigenvalue weighted by Crippen LogP contribution is 2.21. The largest absolute Gasteiger partial charge is 0.472 e. The van der Waals surface area contributed by atoms with Crippen molar-refractivity contribution >= 4 is 17.8 Å². The van der Waals surface area contributed by atoms with E-state index in [4.69, 9.17) is 5.11 Å². The van der Waals surface area contributed by atoms with E-state index in [-0.39, 0.29) is 6.54 Å². The molecule has 1 aromatic carbocycles. The summed E-state index contributed by atoms with van der Waals surface area (Å²) in [6.07, 6.45) is 0. The van der Waals surface area contributed by atoms with Gasteiger partial charge in [0, 0.05) is 5.92 Å². The van der Waals surface area contributed by atoms with E-state index < -0.39 is 17.8 Å². The Bertz CT molecular complexity index is 545. The van der Waals surface area contributed by atoms with Crippen LogP contribution >= 0.6 is 0 Å². The van der Waals surface area contributed by atoms with Crippen molar-refractivity contribution in [2.75, 3.05) is 6.54 Å². The molecule has 17 heavy (non-hydrogen) atoms. The molecule has 5 heteroatoms. The van der Waals surface area contributed by atoms with Crippen molar-refractivity contribution in [3.8, 4) is 11.8 Å². The Morgan fingerprint density at radius 3 is 2.18 bits per heavy atom. The summed E-state index contributed by atoms with van der Waals surface area (Å²) >= 11 is 0. The molecule has 1 N–H and O–H groups in total. The minimum Gasteiger partial charge on any atom is -0.472 e. The number of amides is 2. The number of nitrogens with zero attached hydrogens (tertiary/aromatic N) is 1. The van der Waals surface area contributed by atoms with Crippen LogP contribution in [0.2, 0.25) is 0 Å². The molecule has 1 aliphatic heterocycles. The molecule has 0 saturated heterocycles. The minimum atomic E-state index is -1.29. The van der Waals surface area contributed by atoms with Crippen LogP contribution in [0.3, 0.4) is 0 Å². The number of carbonyl (C=O) groups is 3. The first-order chi connectivity index (χ1) is 8.11. The summed E-state index contributed by atoms with van der Waals surface area (Å²) in [4.78, 5) is 34.7. The molecule has 84 valence electrons. The second kappa shape index (κ2) is 4.10. The van der Waals surface area contributed by atoms with Crippen molar-refractivity contribution < 1.29 is 19.5 Å². The van der Waals surface area contributed by atoms with Gasteiger partial charge in [0.15, 0.2) is 0 Å². The molecule has 0 aliphatic carbocycles. The highest BCUT2D eigenvalue weighted by atomic mass is 16.4. The van der Waals surface area contributed by atoms with Gasteiger partial charge in [0.1, 0.15) is 0 Å². The molecule has 1 aliphatic rings. The van der Waals surface area contributed by atoms with Gasteiger partial charge < -0.3 is 5.11 Å². The van der Waals surface area contributed by atoms with Crippen LogP contribution in [0.15, 0.2) is 24.3 Å². The number of carbonyl (C=O) groups excluding carboxylic acids is 2. The summed E-state index contributed by atoms with van der Waals surface area (Å²) in [6, 6.07) is 6.44. The van der Waals surface area contributed by atoms with Crippen molar-refractivity contribution in [2.45, 2.75) is 0 Å². The fraction of sp³-hybridized carbons (Fsp3) is 0.0833. The first-order valence-corrected chi connectivity index (χ1v) is 4.78. The van der Waals surface area contributed by atoms with Gasteiger partial charge in [0.2, 0.25) is 0 Å². The molecule has 0 saturated carbocycles. The fourth-order valence-electron chi connectivity index (χ4n) is 1.58. The Morgan fingerprint density at radius 2 is 1.71 bits per heavy atom. The predicted molar refractivity (Wildman–Crippen MR) is 57.2 cm³/mol. The highest BCUT2D eigenvalue weighted by Gasteiger charge is 2.34. The van der Waals surface area contributed by atoms with Gasteiger partial charge in [-0.2, -0.15) is 0 Å². The zero-order valence-corrected chi connectivity index (χ0v) is 8.64. The molecule has 1 aromatic rings. The smallest absolute Gasteiger partial charge is 0.381 e. The maximum atomic E-state index is 11.8. The molecule has 1 heterocycles. The fourth-order valence-corrected chi connectivity index (χ4v) is 1.58. The minimum absolute atomic E-state index is 0.210. The Hall–Kier alpha value is -2.61. The molecule has 0 unspecified atom stereocenters. The van der Waals surface area contributed by atoms with Crippen molar-refractivity contribution in [1.82, 2.24) is 4.90 Å². The normalized spacial score (nSPS) is 13.1. The van der Waals surface area contributed by atoms with E-state index in [1.807, 2.05) is 5.92 Å². The topological polar surface area (TPSA) is 74.7 Å². The Morgan fingerprint density at radius 1 is 1.18 bits per heavy atom. The van der Waals surface area contributed by atoms with E-state index in [9.17, 15) is 14.4 Å². The molecular formula is C12H7NO4. The molecule has 0 atom stereocenters. The predicted octanol–water partition coefficient (Wildman–Crippen LogP) is 0.371. The van der Waals surface area contributed by atoms with Gasteiger partial charge >= 0.3 is 5.97 Å². The van der Waals surface area contributed by atoms with Crippen molar-refractivity contribution in [3.63, 3.8) is 0 Å². The summed E-state index contributed by atoms with van der Waals surface area (Å²) < 4.78 is 0. The van der Waals surface area contributed by atoms with Crippen molar-refractivity contribution in [1.29, 1.82) is 0 Å². The van der Waals surface area contributed by atoms with Crippen LogP contribution in [0, 0.1) is 11.8 Å². The third-order valence-electron chi connectivity index (χ3n) is 2.31. The van der Waals surface area contributed by atoms with E-state index in [0.29, 0.717) is 11.1 Å². The Labute approximate surface area is 96.7 Å². The molecule has 0 bridgehead atoms. The zero-order valence-electron chi connectivity index (χ0n) is 8.64. The maximum Gasteiger partial charge on any atom is 0.381 e. The van der Waals surface area contributed by atoms with Gasteiger partial charge in [-0.15, -0.1) is 0 Å². The molecular weight excluding hydrogens is 222 g/mol. The second-order valence-corrected chi connectivity index (χ2v) is 3.35. The van der Waals surface area contributed by atoms with E-state index in [0.717, 1.165) is 4.90 Å². The number of imide groups is 1. The summed E-state index contributed by atoms with van der Waals surface area (Å²) in [6.45, 7) is -0.210. The molecule has 0 radical (unpaired) electrons. The van der Waals surface area contributed by atoms with E-state index in [2.05, 4.69) is 5.92 Å². The average molecular weight is 229 g/mol. The Kier molecular flexibility index (Phi) is 2.63. The molecule has 2 amide bonds. The summed E-state index contributed by atoms with van der Waals surface area (Å²) in [7, 11) is 0. The number of fused-ring (bicyclic) bond motifs is 1. The van der Waals surface area contributed by atoms with Gasteiger partial charge in [-0.3, -0.25) is 14.5 Å². The number of hydrogen-bond acceptors (Lipinski definition) is 3. The van der Waals surface area contributed by atoms with Gasteiger partial charge in [0.25, 0.3) is 11.8 Å². The van der Waals surface area contributed by atoms with Crippen LogP contribution in [-0.4, -0.2) is 34.3 Å². The van der Waals surface area contributed by atoms with Crippen LogP contribution in [0.5, 0.6) is 0 Å². The van der Waals surface area contributed by atoms with Crippen LogP contribution in [0.1, 0.15) is 20.7 Å². The second-order valence-electron chi connectivity index (χ2n) is 3.35. The number of carboxylic acid groups (broad SMARTS) is 1. The molecule has 0 spiro atoms. The molecule has 0 aromatic heterocycles. The average Bonchev–Trinajstić information content (AvgIpc) is 2.54. The number of benzene rings is 1. The van der Waals surface area contributed by atoms with Crippen molar-refractivity contribution in [3.05, 3.63) is 35.4 Å². The third kappa shape index (κ3) is 1.88. The lowest BCUT2D eigenvalue weighted by Gasteiger charge is -2.08. The lowest BCUT2D eigenvalue weighted by atomic mass is 10.1. The Balaban J connectivity index is 2.26. The first kappa shape index (κ1) is 10.9. The van der Waals surface area contributed by atoms with Crippen LogP contribution in [0.25, 0.3) is 0 Å². The highest BCUT2D eigenvalue weighted by molar-refractivity contribution is 6.21. The number of rotatable bonds is 1. The van der Waals surface area contributed by atoms with E-state index in [1.165, 1.54) is 0 Å². The molecule has 2 rings (SSSR count). The van der Waals surface area contributed by atoms with Crippen LogP contribution in [-0.2, 0) is 4.79 Å². The third-order valence-corrected chi connectivity index (χ3v) is 2.31. The van der Waals surface area contributed by atoms with Gasteiger partial charge in [0.05, 0.1) is 17.7 Å². The standard InChI is InChI=1S/C12H7NO4/c14-10(15)6-3-7-13-11(16)8-4-1-2-5-9(8)12(13)17/h1-2,4-5H,7H2,(H,14,15). The van der Waals surface area contributed by atoms with Crippen LogP contribution < -0.4 is 0 Å². The number of aliphatic carboxylic acids is 1. The number of hydrogen-bond donors (Lipinski definition) is 1. The van der Waals surface area contributed by atoms with E-state index in [1.54, 1.807) is 24.3 Å². The molecule has 5 nitrogen and oxygen atoms in total. The SMILES string of the molecule is O=C(O)C#CCN1C(=O)c2ccccc2C1=O. The lowest BCUT2D eigenvalue weighted by Crippen LogP contribution is -2.30. The molecule has 0 fully saturated rings. The van der Waals surface area contributed by atoms with Gasteiger partial charge in [-0.1, -0.05) is 18.1 Å². The summed E-state index contributed by atoms with van der Waals surface area (Å²) in [5, 5.41) is 8.33. The first-order valence-electron chi connectivity index (χ1n) is 4.78. The monoisotopic (exact) mass is 229 g/mol. The van der Waals surface area contributed by atoms with Gasteiger partial charge in [-0.25, -0.2) is 4.79 Å². The quantitative estimate of drug-likeness (QED) is 0.557. The summed E-state index contributed by atoms with van der Waals surface area (Å²) in [5.41, 5.74) is 0.657. The zero-order chi connectivity index (χ0) is 12.4. The summed E-state index contributed by atoms with van der Waals surface area (Å²) in [5.74, 6) is 1.95. The van der Waals surface area contributed by atoms with Crippen LogP contribution in [0.4, 0.5) is 0 Å². The van der Waals surface area contributed by atoms with Crippen molar-refractivity contribution in [2.24, 2.45) is 0 Å².